The molecule has 0 spiro atoms. The Balaban J connectivity index is 1.54. The molecule has 0 saturated carbocycles. The Bertz CT molecular complexity index is 1230. The molecule has 0 aromatic heterocycles. The molecule has 3 aromatic rings. The number of anilines is 1. The van der Waals surface area contributed by atoms with Crippen molar-refractivity contribution in [3.8, 4) is 5.75 Å². The molecule has 170 valence electrons. The predicted molar refractivity (Wildman–Crippen MR) is 116 cm³/mol. The minimum absolute atomic E-state index is 0.0769. The number of carbonyl (C=O) groups excluding carboxylic acids is 1. The lowest BCUT2D eigenvalue weighted by atomic mass is 10.0. The number of benzene rings is 3. The normalized spacial score (nSPS) is 13.2. The number of hydrogen-bond acceptors (Lipinski definition) is 3. The molecule has 9 heteroatoms. The smallest absolute Gasteiger partial charge is 0.416 e. The fourth-order valence-corrected chi connectivity index (χ4v) is 3.84. The lowest BCUT2D eigenvalue weighted by Crippen LogP contribution is -2.23. The van der Waals surface area contributed by atoms with Gasteiger partial charge in [-0.2, -0.15) is 13.2 Å². The number of halogens is 4. The summed E-state index contributed by atoms with van der Waals surface area (Å²) in [6, 6.07) is 14.3. The summed E-state index contributed by atoms with van der Waals surface area (Å²) in [5.74, 6) is -0.976. The molecular formula is C24H17ClF3NO4. The number of amides is 1. The van der Waals surface area contributed by atoms with Crippen molar-refractivity contribution in [2.75, 3.05) is 4.90 Å². The van der Waals surface area contributed by atoms with Crippen LogP contribution in [0.15, 0.2) is 60.7 Å². The van der Waals surface area contributed by atoms with Crippen LogP contribution in [0.4, 0.5) is 18.9 Å². The molecule has 0 saturated heterocycles. The highest BCUT2D eigenvalue weighted by molar-refractivity contribution is 6.32. The summed E-state index contributed by atoms with van der Waals surface area (Å²) in [5, 5.41) is 9.29. The van der Waals surface area contributed by atoms with Gasteiger partial charge in [0.2, 0.25) is 0 Å². The molecule has 0 fully saturated rings. The van der Waals surface area contributed by atoms with Crippen molar-refractivity contribution >= 4 is 29.2 Å². The van der Waals surface area contributed by atoms with Crippen molar-refractivity contribution in [2.24, 2.45) is 0 Å². The second-order valence-corrected chi connectivity index (χ2v) is 7.91. The fraction of sp³-hybridized carbons (Fsp3) is 0.167. The first kappa shape index (κ1) is 22.7. The molecule has 1 aliphatic rings. The predicted octanol–water partition coefficient (Wildman–Crippen LogP) is 5.73. The monoisotopic (exact) mass is 475 g/mol. The van der Waals surface area contributed by atoms with Gasteiger partial charge >= 0.3 is 12.1 Å². The summed E-state index contributed by atoms with van der Waals surface area (Å²) in [6.45, 7) is 0.263. The zero-order valence-corrected chi connectivity index (χ0v) is 17.8. The van der Waals surface area contributed by atoms with Crippen molar-refractivity contribution in [3.05, 3.63) is 93.5 Å². The minimum atomic E-state index is -4.45. The van der Waals surface area contributed by atoms with E-state index in [1.807, 2.05) is 0 Å². The van der Waals surface area contributed by atoms with Gasteiger partial charge in [0.25, 0.3) is 5.91 Å². The van der Waals surface area contributed by atoms with E-state index in [-0.39, 0.29) is 25.5 Å². The maximum Gasteiger partial charge on any atom is 0.416 e. The summed E-state index contributed by atoms with van der Waals surface area (Å²) >= 11 is 6.17. The van der Waals surface area contributed by atoms with Crippen LogP contribution in [0.25, 0.3) is 0 Å². The van der Waals surface area contributed by atoms with E-state index in [0.29, 0.717) is 33.1 Å². The zero-order valence-electron chi connectivity index (χ0n) is 17.0. The van der Waals surface area contributed by atoms with E-state index in [2.05, 4.69) is 0 Å². The fourth-order valence-electron chi connectivity index (χ4n) is 3.67. The number of rotatable bonds is 6. The van der Waals surface area contributed by atoms with Crippen LogP contribution in [0.1, 0.15) is 32.6 Å². The third-order valence-corrected chi connectivity index (χ3v) is 5.62. The molecule has 1 amide bonds. The minimum Gasteiger partial charge on any atom is -0.487 e. The Morgan fingerprint density at radius 2 is 1.82 bits per heavy atom. The molecule has 0 radical (unpaired) electrons. The van der Waals surface area contributed by atoms with Crippen LogP contribution in [-0.4, -0.2) is 17.0 Å². The number of alkyl halides is 3. The largest absolute Gasteiger partial charge is 0.487 e. The second kappa shape index (κ2) is 8.78. The van der Waals surface area contributed by atoms with E-state index in [9.17, 15) is 22.8 Å². The van der Waals surface area contributed by atoms with Crippen molar-refractivity contribution in [2.45, 2.75) is 25.7 Å². The second-order valence-electron chi connectivity index (χ2n) is 7.50. The molecule has 1 N–H and O–H groups in total. The zero-order chi connectivity index (χ0) is 23.8. The average Bonchev–Trinajstić information content (AvgIpc) is 3.10. The van der Waals surface area contributed by atoms with Gasteiger partial charge in [0.05, 0.1) is 23.6 Å². The third-order valence-electron chi connectivity index (χ3n) is 5.31. The highest BCUT2D eigenvalue weighted by Crippen LogP contribution is 2.35. The van der Waals surface area contributed by atoms with Crippen molar-refractivity contribution < 1.29 is 32.6 Å². The molecule has 3 aromatic carbocycles. The molecule has 0 bridgehead atoms. The highest BCUT2D eigenvalue weighted by atomic mass is 35.5. The number of carbonyl (C=O) groups is 2. The van der Waals surface area contributed by atoms with E-state index in [1.165, 1.54) is 17.0 Å². The lowest BCUT2D eigenvalue weighted by Gasteiger charge is -2.17. The number of fused-ring (bicyclic) bond motifs is 1. The standard InChI is InChI=1S/C24H17ClF3NO4/c25-20-9-4-14(11-22(30)31)10-21(20)33-13-15-2-1-3-18-19(15)12-29(23(18)32)17-7-5-16(6-8-17)24(26,27)28/h1-10H,11-13H2,(H,30,31). The van der Waals surface area contributed by atoms with Gasteiger partial charge in [-0.1, -0.05) is 29.8 Å². The van der Waals surface area contributed by atoms with Gasteiger partial charge in [0.15, 0.2) is 0 Å². The van der Waals surface area contributed by atoms with Gasteiger partial charge in [-0.05, 0) is 59.2 Å². The van der Waals surface area contributed by atoms with Crippen molar-refractivity contribution in [1.29, 1.82) is 0 Å². The first-order valence-corrected chi connectivity index (χ1v) is 10.2. The molecule has 0 aliphatic carbocycles. The molecular weight excluding hydrogens is 459 g/mol. The summed E-state index contributed by atoms with van der Waals surface area (Å²) < 4.78 is 44.4. The average molecular weight is 476 g/mol. The number of nitrogens with zero attached hydrogens (tertiary/aromatic N) is 1. The van der Waals surface area contributed by atoms with Crippen molar-refractivity contribution in [1.82, 2.24) is 0 Å². The van der Waals surface area contributed by atoms with Crippen LogP contribution >= 0.6 is 11.6 Å². The molecule has 0 atom stereocenters. The van der Waals surface area contributed by atoms with Crippen LogP contribution in [0, 0.1) is 0 Å². The molecule has 33 heavy (non-hydrogen) atoms. The van der Waals surface area contributed by atoms with E-state index in [1.54, 1.807) is 36.4 Å². The van der Waals surface area contributed by atoms with Crippen LogP contribution in [-0.2, 0) is 30.5 Å². The maximum absolute atomic E-state index is 12.9. The number of carboxylic acid groups (broad SMARTS) is 1. The van der Waals surface area contributed by atoms with Crippen molar-refractivity contribution in [3.63, 3.8) is 0 Å². The quantitative estimate of drug-likeness (QED) is 0.495. The van der Waals surface area contributed by atoms with Crippen LogP contribution in [0.2, 0.25) is 5.02 Å². The number of ether oxygens (including phenoxy) is 1. The molecule has 5 nitrogen and oxygen atoms in total. The number of aliphatic carboxylic acids is 1. The summed E-state index contributed by atoms with van der Waals surface area (Å²) in [6.07, 6.45) is -4.63. The molecule has 0 unspecified atom stereocenters. The van der Waals surface area contributed by atoms with Gasteiger partial charge in [0, 0.05) is 11.3 Å². The van der Waals surface area contributed by atoms with Gasteiger partial charge in [-0.15, -0.1) is 0 Å². The Morgan fingerprint density at radius 3 is 2.48 bits per heavy atom. The van der Waals surface area contributed by atoms with Gasteiger partial charge in [-0.3, -0.25) is 9.59 Å². The van der Waals surface area contributed by atoms with Crippen LogP contribution in [0.5, 0.6) is 5.75 Å². The molecule has 4 rings (SSSR count). The third kappa shape index (κ3) is 4.80. The Labute approximate surface area is 192 Å². The van der Waals surface area contributed by atoms with E-state index in [4.69, 9.17) is 21.4 Å². The van der Waals surface area contributed by atoms with Gasteiger partial charge in [-0.25, -0.2) is 0 Å². The number of carboxylic acids is 1. The highest BCUT2D eigenvalue weighted by Gasteiger charge is 2.33. The molecule has 1 aliphatic heterocycles. The summed E-state index contributed by atoms with van der Waals surface area (Å²) in [4.78, 5) is 25.3. The van der Waals surface area contributed by atoms with Crippen LogP contribution in [0.3, 0.4) is 0 Å². The number of hydrogen-bond donors (Lipinski definition) is 1. The van der Waals surface area contributed by atoms with Gasteiger partial charge < -0.3 is 14.7 Å². The molecule has 1 heterocycles. The topological polar surface area (TPSA) is 66.8 Å². The first-order chi connectivity index (χ1) is 15.6. The summed E-state index contributed by atoms with van der Waals surface area (Å²) in [5.41, 5.74) is 1.98. The first-order valence-electron chi connectivity index (χ1n) is 9.86. The van der Waals surface area contributed by atoms with Crippen LogP contribution < -0.4 is 9.64 Å². The Kier molecular flexibility index (Phi) is 6.03. The maximum atomic E-state index is 12.9. The van der Waals surface area contributed by atoms with E-state index < -0.39 is 17.7 Å². The lowest BCUT2D eigenvalue weighted by molar-refractivity contribution is -0.138. The van der Waals surface area contributed by atoms with Gasteiger partial charge in [0.1, 0.15) is 12.4 Å². The Morgan fingerprint density at radius 1 is 1.09 bits per heavy atom. The SMILES string of the molecule is O=C(O)Cc1ccc(Cl)c(OCc2cccc3c2CN(c2ccc(C(F)(F)F)cc2)C3=O)c1. The summed E-state index contributed by atoms with van der Waals surface area (Å²) in [7, 11) is 0. The van der Waals surface area contributed by atoms with E-state index >= 15 is 0 Å². The van der Waals surface area contributed by atoms with E-state index in [0.717, 1.165) is 17.7 Å². The Hall–Kier alpha value is -3.52.